The molecule has 0 unspecified atom stereocenters. The van der Waals surface area contributed by atoms with Crippen molar-refractivity contribution in [2.24, 2.45) is 0 Å². The second-order valence-corrected chi connectivity index (χ2v) is 8.03. The van der Waals surface area contributed by atoms with Crippen molar-refractivity contribution in [3.63, 3.8) is 0 Å². The number of hydrogen-bond acceptors (Lipinski definition) is 8. The van der Waals surface area contributed by atoms with Gasteiger partial charge >= 0.3 is 0 Å². The number of nitrogens with zero attached hydrogens (tertiary/aromatic N) is 4. The first-order valence-electron chi connectivity index (χ1n) is 7.96. The Hall–Kier alpha value is -1.25. The fourth-order valence-electron chi connectivity index (χ4n) is 2.59. The smallest absolute Gasteiger partial charge is 0.174 e. The topological polar surface area (TPSA) is 75.6 Å². The summed E-state index contributed by atoms with van der Waals surface area (Å²) < 4.78 is 1.06. The fourth-order valence-corrected chi connectivity index (χ4v) is 4.42. The maximum atomic E-state index is 4.61. The number of fused-ring (bicyclic) bond motifs is 1. The number of aryl methyl sites for hydroxylation is 2. The second-order valence-electron chi connectivity index (χ2n) is 5.51. The molecule has 6 nitrogen and oxygen atoms in total. The molecule has 23 heavy (non-hydrogen) atoms. The first-order chi connectivity index (χ1) is 11.2. The summed E-state index contributed by atoms with van der Waals surface area (Å²) in [6.45, 7) is 6.88. The molecule has 2 N–H and O–H groups in total. The van der Waals surface area contributed by atoms with Crippen LogP contribution in [0.4, 0.5) is 5.82 Å². The van der Waals surface area contributed by atoms with Crippen LogP contribution in [0.25, 0.3) is 0 Å². The summed E-state index contributed by atoms with van der Waals surface area (Å²) in [5, 5.41) is 16.1. The zero-order valence-electron chi connectivity index (χ0n) is 13.6. The summed E-state index contributed by atoms with van der Waals surface area (Å²) in [7, 11) is 0. The predicted molar refractivity (Wildman–Crippen MR) is 95.5 cm³/mol. The Morgan fingerprint density at radius 3 is 2.87 bits per heavy atom. The van der Waals surface area contributed by atoms with Crippen molar-refractivity contribution in [2.75, 3.05) is 30.7 Å². The molecule has 2 aromatic rings. The van der Waals surface area contributed by atoms with Crippen molar-refractivity contribution in [2.45, 2.75) is 37.4 Å². The van der Waals surface area contributed by atoms with Crippen LogP contribution in [0.1, 0.15) is 28.5 Å². The zero-order valence-corrected chi connectivity index (χ0v) is 15.2. The molecule has 0 aromatic carbocycles. The highest BCUT2D eigenvalue weighted by Gasteiger charge is 2.15. The van der Waals surface area contributed by atoms with E-state index < -0.39 is 0 Å². The normalized spacial score (nSPS) is 14.3. The van der Waals surface area contributed by atoms with E-state index in [1.807, 2.05) is 13.8 Å². The molecule has 0 saturated carbocycles. The molecule has 0 amide bonds. The Morgan fingerprint density at radius 1 is 1.17 bits per heavy atom. The molecule has 1 aliphatic rings. The highest BCUT2D eigenvalue weighted by molar-refractivity contribution is 8.01. The zero-order chi connectivity index (χ0) is 16.1. The van der Waals surface area contributed by atoms with E-state index in [-0.39, 0.29) is 0 Å². The minimum absolute atomic E-state index is 0.854. The number of hydrogen-bond donors (Lipinski definition) is 2. The number of aromatic nitrogens is 4. The highest BCUT2D eigenvalue weighted by Crippen LogP contribution is 2.23. The van der Waals surface area contributed by atoms with Crippen LogP contribution in [0.2, 0.25) is 0 Å². The van der Waals surface area contributed by atoms with Crippen molar-refractivity contribution >= 4 is 28.9 Å². The van der Waals surface area contributed by atoms with Crippen molar-refractivity contribution < 1.29 is 0 Å². The maximum absolute atomic E-state index is 4.61. The third-order valence-electron chi connectivity index (χ3n) is 3.64. The lowest BCUT2D eigenvalue weighted by atomic mass is 10.1. The standard InChI is InChI=1S/C15H22N6S2/c1-10-18-13-5-8-16-7-4-12(13)14(19-10)17-6-3-9-22-15-21-20-11(2)23-15/h16H,3-9H2,1-2H3,(H,17,18,19). The monoisotopic (exact) mass is 350 g/mol. The van der Waals surface area contributed by atoms with Gasteiger partial charge in [-0.1, -0.05) is 23.1 Å². The molecular weight excluding hydrogens is 328 g/mol. The molecule has 8 heteroatoms. The third kappa shape index (κ3) is 4.62. The van der Waals surface area contributed by atoms with Gasteiger partial charge < -0.3 is 10.6 Å². The van der Waals surface area contributed by atoms with Crippen molar-refractivity contribution in [3.05, 3.63) is 22.1 Å². The molecular formula is C15H22N6S2. The highest BCUT2D eigenvalue weighted by atomic mass is 32.2. The van der Waals surface area contributed by atoms with Crippen LogP contribution in [0.15, 0.2) is 4.34 Å². The molecule has 0 radical (unpaired) electrons. The molecule has 0 atom stereocenters. The van der Waals surface area contributed by atoms with E-state index in [9.17, 15) is 0 Å². The van der Waals surface area contributed by atoms with Crippen LogP contribution >= 0.6 is 23.1 Å². The van der Waals surface area contributed by atoms with E-state index in [2.05, 4.69) is 30.8 Å². The number of nitrogens with one attached hydrogen (secondary N) is 2. The average molecular weight is 351 g/mol. The quantitative estimate of drug-likeness (QED) is 0.611. The Morgan fingerprint density at radius 2 is 2.04 bits per heavy atom. The molecule has 3 heterocycles. The molecule has 0 spiro atoms. The lowest BCUT2D eigenvalue weighted by Crippen LogP contribution is -2.16. The van der Waals surface area contributed by atoms with Gasteiger partial charge in [0.25, 0.3) is 0 Å². The van der Waals surface area contributed by atoms with Crippen LogP contribution in [-0.4, -0.2) is 45.6 Å². The van der Waals surface area contributed by atoms with Gasteiger partial charge in [0.1, 0.15) is 16.6 Å². The van der Waals surface area contributed by atoms with Crippen molar-refractivity contribution in [3.8, 4) is 0 Å². The van der Waals surface area contributed by atoms with Gasteiger partial charge in [-0.05, 0) is 33.2 Å². The van der Waals surface area contributed by atoms with E-state index in [0.717, 1.165) is 65.6 Å². The largest absolute Gasteiger partial charge is 0.370 e. The lowest BCUT2D eigenvalue weighted by molar-refractivity contribution is 0.708. The van der Waals surface area contributed by atoms with Gasteiger partial charge in [-0.2, -0.15) is 0 Å². The Kier molecular flexibility index (Phi) is 5.80. The molecule has 0 aliphatic carbocycles. The van der Waals surface area contributed by atoms with Gasteiger partial charge in [0, 0.05) is 30.8 Å². The van der Waals surface area contributed by atoms with Crippen LogP contribution < -0.4 is 10.6 Å². The Balaban J connectivity index is 1.52. The van der Waals surface area contributed by atoms with Crippen LogP contribution in [0.3, 0.4) is 0 Å². The van der Waals surface area contributed by atoms with E-state index >= 15 is 0 Å². The molecule has 3 rings (SSSR count). The first kappa shape index (κ1) is 16.6. The summed E-state index contributed by atoms with van der Waals surface area (Å²) in [6.07, 6.45) is 3.05. The number of thioether (sulfide) groups is 1. The van der Waals surface area contributed by atoms with E-state index in [1.54, 1.807) is 23.1 Å². The minimum atomic E-state index is 0.854. The van der Waals surface area contributed by atoms with Gasteiger partial charge in [-0.3, -0.25) is 0 Å². The van der Waals surface area contributed by atoms with Gasteiger partial charge in [0.15, 0.2) is 4.34 Å². The van der Waals surface area contributed by atoms with E-state index in [1.165, 1.54) is 11.3 Å². The molecule has 124 valence electrons. The van der Waals surface area contributed by atoms with Gasteiger partial charge in [0.2, 0.25) is 0 Å². The maximum Gasteiger partial charge on any atom is 0.174 e. The summed E-state index contributed by atoms with van der Waals surface area (Å²) in [5.74, 6) is 2.91. The number of rotatable bonds is 6. The SMILES string of the molecule is Cc1nc2c(c(NCCCSc3nnc(C)s3)n1)CCNCC2. The molecule has 0 saturated heterocycles. The first-order valence-corrected chi connectivity index (χ1v) is 9.76. The second kappa shape index (κ2) is 8.03. The van der Waals surface area contributed by atoms with E-state index in [4.69, 9.17) is 0 Å². The fraction of sp³-hybridized carbons (Fsp3) is 0.600. The molecule has 2 aromatic heterocycles. The molecule has 1 aliphatic heterocycles. The van der Waals surface area contributed by atoms with Crippen molar-refractivity contribution in [1.82, 2.24) is 25.5 Å². The van der Waals surface area contributed by atoms with Crippen LogP contribution in [-0.2, 0) is 12.8 Å². The lowest BCUT2D eigenvalue weighted by Gasteiger charge is -2.13. The Labute approximate surface area is 144 Å². The average Bonchev–Trinajstić information content (AvgIpc) is 2.79. The van der Waals surface area contributed by atoms with Crippen molar-refractivity contribution in [1.29, 1.82) is 0 Å². The third-order valence-corrected chi connectivity index (χ3v) is 5.70. The number of anilines is 1. The minimum Gasteiger partial charge on any atom is -0.370 e. The van der Waals surface area contributed by atoms with Crippen LogP contribution in [0, 0.1) is 13.8 Å². The predicted octanol–water partition coefficient (Wildman–Crippen LogP) is 2.23. The summed E-state index contributed by atoms with van der Waals surface area (Å²) in [4.78, 5) is 9.22. The summed E-state index contributed by atoms with van der Waals surface area (Å²) in [6, 6.07) is 0. The van der Waals surface area contributed by atoms with Crippen LogP contribution in [0.5, 0.6) is 0 Å². The molecule has 0 fully saturated rings. The Bertz CT molecular complexity index is 657. The van der Waals surface area contributed by atoms with Gasteiger partial charge in [-0.15, -0.1) is 10.2 Å². The van der Waals surface area contributed by atoms with Gasteiger partial charge in [0.05, 0.1) is 5.69 Å². The summed E-state index contributed by atoms with van der Waals surface area (Å²) >= 11 is 3.43. The molecule has 0 bridgehead atoms. The van der Waals surface area contributed by atoms with E-state index in [0.29, 0.717) is 0 Å². The van der Waals surface area contributed by atoms with Gasteiger partial charge in [-0.25, -0.2) is 9.97 Å². The summed E-state index contributed by atoms with van der Waals surface area (Å²) in [5.41, 5.74) is 2.48.